The van der Waals surface area contributed by atoms with Crippen molar-refractivity contribution in [3.63, 3.8) is 0 Å². The third kappa shape index (κ3) is 3.62. The molecule has 8 heteroatoms. The molecule has 21 heavy (non-hydrogen) atoms. The molecule has 0 aliphatic carbocycles. The van der Waals surface area contributed by atoms with E-state index in [9.17, 15) is 14.9 Å². The van der Waals surface area contributed by atoms with E-state index in [1.807, 2.05) is 6.92 Å². The number of non-ortho nitro benzene ring substituents is 1. The molecule has 0 spiro atoms. The molecule has 1 fully saturated rings. The molecule has 2 atom stereocenters. The first-order valence-corrected chi connectivity index (χ1v) is 6.49. The van der Waals surface area contributed by atoms with E-state index in [-0.39, 0.29) is 47.2 Å². The maximum Gasteiger partial charge on any atom is 0.270 e. The van der Waals surface area contributed by atoms with Gasteiger partial charge in [0.05, 0.1) is 10.5 Å². The van der Waals surface area contributed by atoms with Gasteiger partial charge in [-0.25, -0.2) is 0 Å². The highest BCUT2D eigenvalue weighted by atomic mass is 35.5. The highest BCUT2D eigenvalue weighted by Gasteiger charge is 2.28. The van der Waals surface area contributed by atoms with Crippen LogP contribution in [0.25, 0.3) is 0 Å². The highest BCUT2D eigenvalue weighted by molar-refractivity contribution is 5.99. The van der Waals surface area contributed by atoms with Gasteiger partial charge >= 0.3 is 0 Å². The Labute approximate surface area is 128 Å². The van der Waals surface area contributed by atoms with Gasteiger partial charge in [-0.3, -0.25) is 14.9 Å². The van der Waals surface area contributed by atoms with E-state index in [0.717, 1.165) is 6.42 Å². The number of carbonyl (C=O) groups is 1. The van der Waals surface area contributed by atoms with Gasteiger partial charge in [-0.15, -0.1) is 12.4 Å². The number of hydrogen-bond donors (Lipinski definition) is 2. The third-order valence-electron chi connectivity index (χ3n) is 3.74. The molecule has 0 saturated carbocycles. The molecule has 0 aromatic heterocycles. The zero-order chi connectivity index (χ0) is 14.9. The van der Waals surface area contributed by atoms with Crippen molar-refractivity contribution in [2.24, 2.45) is 11.7 Å². The second-order valence-corrected chi connectivity index (χ2v) is 5.21. The van der Waals surface area contributed by atoms with Crippen molar-refractivity contribution in [1.82, 2.24) is 4.90 Å². The van der Waals surface area contributed by atoms with Crippen LogP contribution in [-0.4, -0.2) is 34.9 Å². The van der Waals surface area contributed by atoms with E-state index in [2.05, 4.69) is 0 Å². The van der Waals surface area contributed by atoms with Crippen molar-refractivity contribution >= 4 is 29.7 Å². The monoisotopic (exact) mass is 314 g/mol. The van der Waals surface area contributed by atoms with Crippen LogP contribution in [0.3, 0.4) is 0 Å². The molecule has 1 amide bonds. The summed E-state index contributed by atoms with van der Waals surface area (Å²) in [5, 5.41) is 10.8. The summed E-state index contributed by atoms with van der Waals surface area (Å²) in [6, 6.07) is 4.00. The van der Waals surface area contributed by atoms with E-state index in [1.54, 1.807) is 4.90 Å². The average molecular weight is 315 g/mol. The van der Waals surface area contributed by atoms with Crippen molar-refractivity contribution in [3.8, 4) is 0 Å². The van der Waals surface area contributed by atoms with Crippen LogP contribution in [0, 0.1) is 16.0 Å². The first-order chi connectivity index (χ1) is 9.40. The van der Waals surface area contributed by atoms with Gasteiger partial charge in [0.15, 0.2) is 0 Å². The van der Waals surface area contributed by atoms with Crippen LogP contribution in [0.1, 0.15) is 23.7 Å². The summed E-state index contributed by atoms with van der Waals surface area (Å²) in [6.07, 6.45) is 0.724. The van der Waals surface area contributed by atoms with Crippen LogP contribution in [-0.2, 0) is 0 Å². The number of nitro groups is 1. The Balaban J connectivity index is 0.00000220. The number of likely N-dealkylation sites (tertiary alicyclic amines) is 1. The molecule has 2 rings (SSSR count). The smallest absolute Gasteiger partial charge is 0.270 e. The number of nitrogens with two attached hydrogens (primary N) is 2. The van der Waals surface area contributed by atoms with Gasteiger partial charge in [0.2, 0.25) is 0 Å². The van der Waals surface area contributed by atoms with E-state index >= 15 is 0 Å². The Morgan fingerprint density at radius 2 is 2.14 bits per heavy atom. The van der Waals surface area contributed by atoms with Crippen LogP contribution in [0.2, 0.25) is 0 Å². The molecule has 1 aliphatic heterocycles. The van der Waals surface area contributed by atoms with Crippen molar-refractivity contribution < 1.29 is 9.72 Å². The lowest BCUT2D eigenvalue weighted by Crippen LogP contribution is -2.48. The molecule has 1 heterocycles. The summed E-state index contributed by atoms with van der Waals surface area (Å²) >= 11 is 0. The summed E-state index contributed by atoms with van der Waals surface area (Å²) in [4.78, 5) is 24.3. The van der Waals surface area contributed by atoms with Crippen molar-refractivity contribution in [2.45, 2.75) is 19.4 Å². The molecule has 116 valence electrons. The molecule has 7 nitrogen and oxygen atoms in total. The zero-order valence-corrected chi connectivity index (χ0v) is 12.5. The summed E-state index contributed by atoms with van der Waals surface area (Å²) < 4.78 is 0. The molecule has 2 unspecified atom stereocenters. The quantitative estimate of drug-likeness (QED) is 0.486. The van der Waals surface area contributed by atoms with Crippen LogP contribution in [0.5, 0.6) is 0 Å². The van der Waals surface area contributed by atoms with Crippen molar-refractivity contribution in [2.75, 3.05) is 18.8 Å². The molecule has 0 bridgehead atoms. The van der Waals surface area contributed by atoms with Gasteiger partial charge in [-0.1, -0.05) is 6.92 Å². The number of nitrogens with zero attached hydrogens (tertiary/aromatic N) is 2. The summed E-state index contributed by atoms with van der Waals surface area (Å²) in [7, 11) is 0. The number of benzene rings is 1. The molecule has 0 radical (unpaired) electrons. The number of amides is 1. The number of piperidine rings is 1. The number of hydrogen-bond acceptors (Lipinski definition) is 5. The van der Waals surface area contributed by atoms with Gasteiger partial charge < -0.3 is 16.4 Å². The summed E-state index contributed by atoms with van der Waals surface area (Å²) in [6.45, 7) is 3.08. The number of anilines is 1. The Hall–Kier alpha value is -1.86. The summed E-state index contributed by atoms with van der Waals surface area (Å²) in [5.41, 5.74) is 12.0. The minimum Gasteiger partial charge on any atom is -0.398 e. The normalized spacial score (nSPS) is 21.5. The second-order valence-electron chi connectivity index (χ2n) is 5.21. The average Bonchev–Trinajstić information content (AvgIpc) is 2.41. The van der Waals surface area contributed by atoms with E-state index in [0.29, 0.717) is 13.1 Å². The van der Waals surface area contributed by atoms with Gasteiger partial charge in [-0.2, -0.15) is 0 Å². The lowest BCUT2D eigenvalue weighted by molar-refractivity contribution is -0.384. The fourth-order valence-corrected chi connectivity index (χ4v) is 2.36. The Bertz CT molecular complexity index is 552. The highest BCUT2D eigenvalue weighted by Crippen LogP contribution is 2.23. The minimum absolute atomic E-state index is 0. The van der Waals surface area contributed by atoms with Crippen molar-refractivity contribution in [1.29, 1.82) is 0 Å². The molecular formula is C13H19ClN4O3. The first-order valence-electron chi connectivity index (χ1n) is 6.49. The molecule has 4 N–H and O–H groups in total. The minimum atomic E-state index is -0.537. The SMILES string of the molecule is CC1CN(C(=O)c2cc([N+](=O)[O-])ccc2N)CCC1N.Cl. The van der Waals surface area contributed by atoms with Crippen LogP contribution < -0.4 is 11.5 Å². The predicted octanol–water partition coefficient (Wildman–Crippen LogP) is 1.41. The zero-order valence-electron chi connectivity index (χ0n) is 11.7. The topological polar surface area (TPSA) is 115 Å². The number of rotatable bonds is 2. The van der Waals surface area contributed by atoms with Gasteiger partial charge in [-0.05, 0) is 18.4 Å². The van der Waals surface area contributed by atoms with Gasteiger partial charge in [0.25, 0.3) is 11.6 Å². The van der Waals surface area contributed by atoms with Crippen LogP contribution in [0.4, 0.5) is 11.4 Å². The van der Waals surface area contributed by atoms with Crippen LogP contribution in [0.15, 0.2) is 18.2 Å². The molecular weight excluding hydrogens is 296 g/mol. The van der Waals surface area contributed by atoms with E-state index in [4.69, 9.17) is 11.5 Å². The van der Waals surface area contributed by atoms with Gasteiger partial charge in [0, 0.05) is 37.0 Å². The standard InChI is InChI=1S/C13H18N4O3.ClH/c1-8-7-16(5-4-11(8)14)13(18)10-6-9(17(19)20)2-3-12(10)15;/h2-3,6,8,11H,4-5,7,14-15H2,1H3;1H. The van der Waals surface area contributed by atoms with E-state index < -0.39 is 4.92 Å². The molecule has 1 saturated heterocycles. The number of carbonyl (C=O) groups excluding carboxylic acids is 1. The Kier molecular flexibility index (Phi) is 5.51. The number of nitro benzene ring substituents is 1. The molecule has 1 aromatic carbocycles. The first kappa shape index (κ1) is 17.2. The Morgan fingerprint density at radius 1 is 1.48 bits per heavy atom. The molecule has 1 aromatic rings. The maximum atomic E-state index is 12.4. The lowest BCUT2D eigenvalue weighted by atomic mass is 9.94. The third-order valence-corrected chi connectivity index (χ3v) is 3.74. The van der Waals surface area contributed by atoms with Gasteiger partial charge in [0.1, 0.15) is 0 Å². The molecule has 1 aliphatic rings. The number of nitrogen functional groups attached to an aromatic ring is 1. The van der Waals surface area contributed by atoms with Crippen LogP contribution >= 0.6 is 12.4 Å². The largest absolute Gasteiger partial charge is 0.398 e. The second kappa shape index (κ2) is 6.73. The van der Waals surface area contributed by atoms with Crippen molar-refractivity contribution in [3.05, 3.63) is 33.9 Å². The van der Waals surface area contributed by atoms with E-state index in [1.165, 1.54) is 18.2 Å². The number of halogens is 1. The summed E-state index contributed by atoms with van der Waals surface area (Å²) in [5.74, 6) is -0.0717. The fraction of sp³-hybridized carbons (Fsp3) is 0.462. The maximum absolute atomic E-state index is 12.4. The predicted molar refractivity (Wildman–Crippen MR) is 82.4 cm³/mol. The fourth-order valence-electron chi connectivity index (χ4n) is 2.36. The lowest BCUT2D eigenvalue weighted by Gasteiger charge is -2.35. The Morgan fingerprint density at radius 3 is 2.71 bits per heavy atom.